The molecule has 2 aliphatic rings. The van der Waals surface area contributed by atoms with E-state index in [1.165, 1.54) is 10.9 Å². The molecule has 1 aromatic heterocycles. The summed E-state index contributed by atoms with van der Waals surface area (Å²) in [7, 11) is 0. The van der Waals surface area contributed by atoms with Gasteiger partial charge in [0.15, 0.2) is 0 Å². The van der Waals surface area contributed by atoms with Crippen LogP contribution in [0.15, 0.2) is 48.5 Å². The third-order valence-corrected chi connectivity index (χ3v) is 5.78. The third kappa shape index (κ3) is 3.20. The average Bonchev–Trinajstić information content (AvgIpc) is 3.12. The number of anilines is 2. The number of amides is 2. The van der Waals surface area contributed by atoms with Crippen LogP contribution in [0.5, 0.6) is 0 Å². The summed E-state index contributed by atoms with van der Waals surface area (Å²) >= 11 is 0. The minimum absolute atomic E-state index is 0.0172. The van der Waals surface area contributed by atoms with Crippen LogP contribution >= 0.6 is 0 Å². The third-order valence-electron chi connectivity index (χ3n) is 5.78. The zero-order chi connectivity index (χ0) is 20.0. The number of aryl methyl sites for hydroxylation is 1. The summed E-state index contributed by atoms with van der Waals surface area (Å²) < 4.78 is 0. The Morgan fingerprint density at radius 3 is 2.66 bits per heavy atom. The molecule has 3 heterocycles. The minimum atomic E-state index is -0.0172. The Balaban J connectivity index is 1.30. The second-order valence-corrected chi connectivity index (χ2v) is 7.69. The number of fused-ring (bicyclic) bond motifs is 2. The fourth-order valence-electron chi connectivity index (χ4n) is 4.18. The lowest BCUT2D eigenvalue weighted by atomic mass is 10.1. The van der Waals surface area contributed by atoms with Crippen molar-refractivity contribution in [1.29, 1.82) is 0 Å². The number of hydrogen-bond acceptors (Lipinski definition) is 4. The first-order chi connectivity index (χ1) is 14.1. The van der Waals surface area contributed by atoms with E-state index in [4.69, 9.17) is 4.98 Å². The molecule has 3 aromatic rings. The molecule has 6 nitrogen and oxygen atoms in total. The summed E-state index contributed by atoms with van der Waals surface area (Å²) in [6, 6.07) is 15.8. The molecule has 1 fully saturated rings. The van der Waals surface area contributed by atoms with E-state index in [2.05, 4.69) is 29.3 Å². The normalized spacial score (nSPS) is 16.1. The molecule has 2 aliphatic heterocycles. The number of piperazine rings is 1. The number of benzene rings is 2. The molecule has 0 bridgehead atoms. The highest BCUT2D eigenvalue weighted by Crippen LogP contribution is 2.26. The first-order valence-electron chi connectivity index (χ1n) is 9.92. The molecule has 0 spiro atoms. The predicted octanol–water partition coefficient (Wildman–Crippen LogP) is 3.00. The van der Waals surface area contributed by atoms with Crippen molar-refractivity contribution in [2.45, 2.75) is 13.3 Å². The zero-order valence-electron chi connectivity index (χ0n) is 16.3. The molecular formula is C23H22N4O2. The maximum Gasteiger partial charge on any atom is 0.253 e. The fourth-order valence-corrected chi connectivity index (χ4v) is 4.18. The number of nitrogens with one attached hydrogen (secondary N) is 1. The van der Waals surface area contributed by atoms with E-state index in [1.54, 1.807) is 6.07 Å². The van der Waals surface area contributed by atoms with Crippen molar-refractivity contribution in [1.82, 2.24) is 9.88 Å². The summed E-state index contributed by atoms with van der Waals surface area (Å²) in [5.41, 5.74) is 4.57. The van der Waals surface area contributed by atoms with Crippen LogP contribution in [0, 0.1) is 6.92 Å². The Hall–Kier alpha value is -3.41. The lowest BCUT2D eigenvalue weighted by Gasteiger charge is -2.35. The van der Waals surface area contributed by atoms with Gasteiger partial charge in [0.2, 0.25) is 5.91 Å². The van der Waals surface area contributed by atoms with Gasteiger partial charge in [-0.15, -0.1) is 0 Å². The van der Waals surface area contributed by atoms with E-state index in [0.29, 0.717) is 25.1 Å². The number of nitrogens with zero attached hydrogens (tertiary/aromatic N) is 3. The molecule has 0 radical (unpaired) electrons. The molecule has 146 valence electrons. The summed E-state index contributed by atoms with van der Waals surface area (Å²) in [6.45, 7) is 4.92. The van der Waals surface area contributed by atoms with Gasteiger partial charge in [-0.3, -0.25) is 9.59 Å². The van der Waals surface area contributed by atoms with E-state index in [-0.39, 0.29) is 11.8 Å². The maximum absolute atomic E-state index is 12.9. The molecule has 1 saturated heterocycles. The second-order valence-electron chi connectivity index (χ2n) is 7.69. The van der Waals surface area contributed by atoms with Crippen LogP contribution in [0.3, 0.4) is 0 Å². The monoisotopic (exact) mass is 386 g/mol. The van der Waals surface area contributed by atoms with Gasteiger partial charge >= 0.3 is 0 Å². The van der Waals surface area contributed by atoms with Crippen molar-refractivity contribution in [2.75, 3.05) is 36.4 Å². The van der Waals surface area contributed by atoms with Gasteiger partial charge in [0.1, 0.15) is 5.82 Å². The Morgan fingerprint density at radius 2 is 1.83 bits per heavy atom. The molecule has 2 aromatic carbocycles. The van der Waals surface area contributed by atoms with Crippen molar-refractivity contribution < 1.29 is 9.59 Å². The molecule has 0 aliphatic carbocycles. The lowest BCUT2D eigenvalue weighted by Crippen LogP contribution is -2.49. The van der Waals surface area contributed by atoms with Crippen LogP contribution in [0.2, 0.25) is 0 Å². The number of para-hydroxylation sites is 1. The molecule has 6 heteroatoms. The van der Waals surface area contributed by atoms with Crippen molar-refractivity contribution in [2.24, 2.45) is 0 Å². The quantitative estimate of drug-likeness (QED) is 0.735. The van der Waals surface area contributed by atoms with Crippen LogP contribution in [-0.2, 0) is 11.2 Å². The van der Waals surface area contributed by atoms with Gasteiger partial charge in [-0.2, -0.15) is 0 Å². The minimum Gasteiger partial charge on any atom is -0.353 e. The Morgan fingerprint density at radius 1 is 1.03 bits per heavy atom. The van der Waals surface area contributed by atoms with Crippen LogP contribution < -0.4 is 10.2 Å². The highest BCUT2D eigenvalue weighted by atomic mass is 16.2. The van der Waals surface area contributed by atoms with Crippen LogP contribution in [0.25, 0.3) is 10.9 Å². The van der Waals surface area contributed by atoms with E-state index in [1.807, 2.05) is 35.2 Å². The standard InChI is InChI=1S/C23H22N4O2/c1-15-12-21(24-20-5-3-2-4-18(15)20)26-8-10-27(11-9-26)23(29)16-6-7-19-17(13-16)14-22(28)25-19/h2-7,12-13H,8-11,14H2,1H3,(H,25,28). The van der Waals surface area contributed by atoms with E-state index in [0.717, 1.165) is 35.7 Å². The molecule has 0 atom stereocenters. The molecule has 0 unspecified atom stereocenters. The van der Waals surface area contributed by atoms with Gasteiger partial charge in [0, 0.05) is 42.8 Å². The smallest absolute Gasteiger partial charge is 0.253 e. The highest BCUT2D eigenvalue weighted by molar-refractivity contribution is 6.01. The van der Waals surface area contributed by atoms with E-state index < -0.39 is 0 Å². The van der Waals surface area contributed by atoms with Gasteiger partial charge in [0.25, 0.3) is 5.91 Å². The lowest BCUT2D eigenvalue weighted by molar-refractivity contribution is -0.115. The molecular weight excluding hydrogens is 364 g/mol. The highest BCUT2D eigenvalue weighted by Gasteiger charge is 2.25. The Bertz CT molecular complexity index is 1130. The van der Waals surface area contributed by atoms with Gasteiger partial charge in [0.05, 0.1) is 11.9 Å². The first kappa shape index (κ1) is 17.7. The Kier molecular flexibility index (Phi) is 4.19. The van der Waals surface area contributed by atoms with Crippen LogP contribution in [0.4, 0.5) is 11.5 Å². The summed E-state index contributed by atoms with van der Waals surface area (Å²) in [6.07, 6.45) is 0.344. The van der Waals surface area contributed by atoms with Gasteiger partial charge in [-0.1, -0.05) is 18.2 Å². The molecule has 1 N–H and O–H groups in total. The second kappa shape index (κ2) is 6.88. The average molecular weight is 386 g/mol. The number of rotatable bonds is 2. The van der Waals surface area contributed by atoms with E-state index >= 15 is 0 Å². The van der Waals surface area contributed by atoms with Crippen LogP contribution in [-0.4, -0.2) is 47.9 Å². The van der Waals surface area contributed by atoms with Crippen molar-refractivity contribution in [3.63, 3.8) is 0 Å². The van der Waals surface area contributed by atoms with Crippen molar-refractivity contribution >= 4 is 34.2 Å². The predicted molar refractivity (Wildman–Crippen MR) is 113 cm³/mol. The number of carbonyl (C=O) groups excluding carboxylic acids is 2. The fraction of sp³-hybridized carbons (Fsp3) is 0.261. The number of carbonyl (C=O) groups is 2. The number of hydrogen-bond donors (Lipinski definition) is 1. The van der Waals surface area contributed by atoms with Crippen molar-refractivity contribution in [3.05, 3.63) is 65.2 Å². The molecule has 2 amide bonds. The van der Waals surface area contributed by atoms with Crippen LogP contribution in [0.1, 0.15) is 21.5 Å². The molecule has 29 heavy (non-hydrogen) atoms. The summed E-state index contributed by atoms with van der Waals surface area (Å²) in [4.78, 5) is 33.4. The maximum atomic E-state index is 12.9. The largest absolute Gasteiger partial charge is 0.353 e. The van der Waals surface area contributed by atoms with Gasteiger partial charge in [-0.05, 0) is 48.4 Å². The first-order valence-corrected chi connectivity index (χ1v) is 9.92. The zero-order valence-corrected chi connectivity index (χ0v) is 16.3. The SMILES string of the molecule is Cc1cc(N2CCN(C(=O)c3ccc4c(c3)CC(=O)N4)CC2)nc2ccccc12. The molecule has 0 saturated carbocycles. The summed E-state index contributed by atoms with van der Waals surface area (Å²) in [5.74, 6) is 0.973. The summed E-state index contributed by atoms with van der Waals surface area (Å²) in [5, 5.41) is 3.98. The van der Waals surface area contributed by atoms with Crippen molar-refractivity contribution in [3.8, 4) is 0 Å². The number of aromatic nitrogens is 1. The Labute approximate surface area is 169 Å². The number of pyridine rings is 1. The van der Waals surface area contributed by atoms with E-state index in [9.17, 15) is 9.59 Å². The van der Waals surface area contributed by atoms with Gasteiger partial charge in [-0.25, -0.2) is 4.98 Å². The topological polar surface area (TPSA) is 65.5 Å². The molecule has 5 rings (SSSR count). The van der Waals surface area contributed by atoms with Gasteiger partial charge < -0.3 is 15.1 Å².